The largest absolute Gasteiger partial charge is 0.481 e. The number of aliphatic carboxylic acids is 1. The highest BCUT2D eigenvalue weighted by atomic mass is 16.4. The summed E-state index contributed by atoms with van der Waals surface area (Å²) in [7, 11) is 0. The monoisotopic (exact) mass is 294 g/mol. The molecule has 0 bridgehead atoms. The van der Waals surface area contributed by atoms with Gasteiger partial charge in [-0.1, -0.05) is 68.3 Å². The van der Waals surface area contributed by atoms with Gasteiger partial charge in [-0.25, -0.2) is 0 Å². The Hall–Kier alpha value is -2.35. The molecule has 0 atom stereocenters. The molecular weight excluding hydrogens is 272 g/mol. The van der Waals surface area contributed by atoms with Crippen LogP contribution in [0.5, 0.6) is 0 Å². The first-order chi connectivity index (χ1) is 10.7. The molecule has 114 valence electrons. The summed E-state index contributed by atoms with van der Waals surface area (Å²) in [5.74, 6) is -0.682. The first-order valence-electron chi connectivity index (χ1n) is 7.80. The third kappa shape index (κ3) is 4.59. The number of carboxylic acid groups (broad SMARTS) is 1. The topological polar surface area (TPSA) is 37.3 Å². The predicted octanol–water partition coefficient (Wildman–Crippen LogP) is 5.64. The van der Waals surface area contributed by atoms with Crippen molar-refractivity contribution < 1.29 is 9.90 Å². The maximum absolute atomic E-state index is 9.87. The van der Waals surface area contributed by atoms with Crippen molar-refractivity contribution >= 4 is 27.5 Å². The number of hydrogen-bond acceptors (Lipinski definition) is 1. The molecule has 2 heteroatoms. The first-order valence-corrected chi connectivity index (χ1v) is 7.80. The van der Waals surface area contributed by atoms with Gasteiger partial charge >= 0.3 is 5.97 Å². The second-order valence-electron chi connectivity index (χ2n) is 5.40. The molecule has 0 spiro atoms. The van der Waals surface area contributed by atoms with Crippen LogP contribution in [0.25, 0.3) is 21.5 Å². The molecule has 0 saturated heterocycles. The van der Waals surface area contributed by atoms with Crippen molar-refractivity contribution in [1.82, 2.24) is 0 Å². The third-order valence-corrected chi connectivity index (χ3v) is 3.61. The zero-order valence-electron chi connectivity index (χ0n) is 13.0. The Balaban J connectivity index is 0.000000192. The molecule has 0 amide bonds. The van der Waals surface area contributed by atoms with Crippen molar-refractivity contribution in [3.05, 3.63) is 60.7 Å². The minimum Gasteiger partial charge on any atom is -0.481 e. The van der Waals surface area contributed by atoms with E-state index in [4.69, 9.17) is 5.11 Å². The molecule has 0 heterocycles. The molecule has 0 aromatic heterocycles. The fraction of sp³-hybridized carbons (Fsp3) is 0.250. The van der Waals surface area contributed by atoms with Gasteiger partial charge in [0.1, 0.15) is 0 Å². The van der Waals surface area contributed by atoms with Crippen LogP contribution >= 0.6 is 0 Å². The standard InChI is InChI=1S/C14H10.C6H12O2/c1-2-6-12-10-14-8-4-3-7-13(14)9-11(12)5-1;1-2-3-4-5-6(7)8/h1-10H;2-5H2,1H3,(H,7,8). The summed E-state index contributed by atoms with van der Waals surface area (Å²) >= 11 is 0. The van der Waals surface area contributed by atoms with Crippen LogP contribution in [0.15, 0.2) is 60.7 Å². The van der Waals surface area contributed by atoms with Crippen LogP contribution in [0.3, 0.4) is 0 Å². The van der Waals surface area contributed by atoms with Crippen LogP contribution in [0.2, 0.25) is 0 Å². The fourth-order valence-electron chi connectivity index (χ4n) is 2.41. The molecule has 3 rings (SSSR count). The van der Waals surface area contributed by atoms with Crippen LogP contribution in [0.4, 0.5) is 0 Å². The van der Waals surface area contributed by atoms with Crippen LogP contribution in [-0.2, 0) is 4.79 Å². The van der Waals surface area contributed by atoms with Gasteiger partial charge in [-0.15, -0.1) is 0 Å². The van der Waals surface area contributed by atoms with E-state index in [0.717, 1.165) is 19.3 Å². The summed E-state index contributed by atoms with van der Waals surface area (Å²) in [6, 6.07) is 21.4. The molecule has 2 nitrogen and oxygen atoms in total. The average Bonchev–Trinajstić information content (AvgIpc) is 2.53. The first kappa shape index (κ1) is 16.0. The van der Waals surface area contributed by atoms with Crippen LogP contribution in [0.1, 0.15) is 32.6 Å². The molecule has 3 aromatic carbocycles. The molecule has 0 aliphatic heterocycles. The molecular formula is C20H22O2. The quantitative estimate of drug-likeness (QED) is 0.499. The molecule has 1 N–H and O–H groups in total. The third-order valence-electron chi connectivity index (χ3n) is 3.61. The Morgan fingerprint density at radius 1 is 0.818 bits per heavy atom. The lowest BCUT2D eigenvalue weighted by atomic mass is 10.0. The van der Waals surface area contributed by atoms with Gasteiger partial charge in [0.15, 0.2) is 0 Å². The van der Waals surface area contributed by atoms with Gasteiger partial charge in [-0.2, -0.15) is 0 Å². The summed E-state index contributed by atoms with van der Waals surface area (Å²) < 4.78 is 0. The van der Waals surface area contributed by atoms with Crippen molar-refractivity contribution in [2.45, 2.75) is 32.6 Å². The number of unbranched alkanes of at least 4 members (excludes halogenated alkanes) is 2. The number of hydrogen-bond donors (Lipinski definition) is 1. The zero-order valence-corrected chi connectivity index (χ0v) is 13.0. The predicted molar refractivity (Wildman–Crippen MR) is 93.2 cm³/mol. The summed E-state index contributed by atoms with van der Waals surface area (Å²) in [5, 5.41) is 13.4. The molecule has 0 fully saturated rings. The van der Waals surface area contributed by atoms with Crippen molar-refractivity contribution in [3.63, 3.8) is 0 Å². The van der Waals surface area contributed by atoms with E-state index in [1.54, 1.807) is 0 Å². The van der Waals surface area contributed by atoms with Crippen LogP contribution in [-0.4, -0.2) is 11.1 Å². The van der Waals surface area contributed by atoms with Crippen molar-refractivity contribution in [1.29, 1.82) is 0 Å². The van der Waals surface area contributed by atoms with Gasteiger partial charge < -0.3 is 5.11 Å². The van der Waals surface area contributed by atoms with Gasteiger partial charge in [0.2, 0.25) is 0 Å². The van der Waals surface area contributed by atoms with E-state index in [9.17, 15) is 4.79 Å². The van der Waals surface area contributed by atoms with E-state index >= 15 is 0 Å². The van der Waals surface area contributed by atoms with Gasteiger partial charge in [0.05, 0.1) is 0 Å². The highest BCUT2D eigenvalue weighted by Crippen LogP contribution is 2.21. The molecule has 0 aliphatic rings. The van der Waals surface area contributed by atoms with Gasteiger partial charge in [0, 0.05) is 6.42 Å². The molecule has 3 aromatic rings. The maximum Gasteiger partial charge on any atom is 0.303 e. The molecule has 0 aliphatic carbocycles. The lowest BCUT2D eigenvalue weighted by Crippen LogP contribution is -1.92. The number of carbonyl (C=O) groups is 1. The number of carboxylic acids is 1. The van der Waals surface area contributed by atoms with E-state index in [-0.39, 0.29) is 0 Å². The summed E-state index contributed by atoms with van der Waals surface area (Å²) in [6.45, 7) is 2.06. The molecule has 22 heavy (non-hydrogen) atoms. The highest BCUT2D eigenvalue weighted by Gasteiger charge is 1.95. The summed E-state index contributed by atoms with van der Waals surface area (Å²) in [4.78, 5) is 9.87. The average molecular weight is 294 g/mol. The van der Waals surface area contributed by atoms with E-state index in [1.165, 1.54) is 21.5 Å². The number of fused-ring (bicyclic) bond motifs is 2. The summed E-state index contributed by atoms with van der Waals surface area (Å²) in [5.41, 5.74) is 0. The Labute approximate surface area is 131 Å². The van der Waals surface area contributed by atoms with Crippen molar-refractivity contribution in [2.24, 2.45) is 0 Å². The normalized spacial score (nSPS) is 10.2. The van der Waals surface area contributed by atoms with E-state index in [2.05, 4.69) is 67.6 Å². The van der Waals surface area contributed by atoms with E-state index < -0.39 is 5.97 Å². The second kappa shape index (κ2) is 8.18. The second-order valence-corrected chi connectivity index (χ2v) is 5.40. The Morgan fingerprint density at radius 3 is 1.55 bits per heavy atom. The van der Waals surface area contributed by atoms with Gasteiger partial charge in [-0.05, 0) is 40.1 Å². The minimum absolute atomic E-state index is 0.327. The zero-order chi connectivity index (χ0) is 15.8. The van der Waals surface area contributed by atoms with E-state index in [1.807, 2.05) is 0 Å². The van der Waals surface area contributed by atoms with E-state index in [0.29, 0.717) is 6.42 Å². The minimum atomic E-state index is -0.682. The van der Waals surface area contributed by atoms with Gasteiger partial charge in [0.25, 0.3) is 0 Å². The van der Waals surface area contributed by atoms with Crippen molar-refractivity contribution in [2.75, 3.05) is 0 Å². The fourth-order valence-corrected chi connectivity index (χ4v) is 2.41. The Kier molecular flexibility index (Phi) is 5.96. The van der Waals surface area contributed by atoms with Crippen LogP contribution in [0, 0.1) is 0 Å². The molecule has 0 saturated carbocycles. The lowest BCUT2D eigenvalue weighted by Gasteiger charge is -2.00. The number of benzene rings is 3. The maximum atomic E-state index is 9.87. The van der Waals surface area contributed by atoms with Crippen molar-refractivity contribution in [3.8, 4) is 0 Å². The SMILES string of the molecule is CCCCCC(=O)O.c1ccc2cc3ccccc3cc2c1. The Bertz CT molecular complexity index is 642. The molecule has 0 unspecified atom stereocenters. The molecule has 0 radical (unpaired) electrons. The summed E-state index contributed by atoms with van der Waals surface area (Å²) in [6.07, 6.45) is 3.28. The lowest BCUT2D eigenvalue weighted by molar-refractivity contribution is -0.137. The highest BCUT2D eigenvalue weighted by molar-refractivity contribution is 5.98. The number of rotatable bonds is 4. The van der Waals surface area contributed by atoms with Gasteiger partial charge in [-0.3, -0.25) is 4.79 Å². The Morgan fingerprint density at radius 2 is 1.23 bits per heavy atom. The smallest absolute Gasteiger partial charge is 0.303 e. The van der Waals surface area contributed by atoms with Crippen LogP contribution < -0.4 is 0 Å².